The van der Waals surface area contributed by atoms with Gasteiger partial charge < -0.3 is 18.9 Å². The van der Waals surface area contributed by atoms with Crippen molar-refractivity contribution in [2.75, 3.05) is 46.2 Å². The monoisotopic (exact) mass is 350 g/mol. The third kappa shape index (κ3) is 5.04. The van der Waals surface area contributed by atoms with Crippen molar-refractivity contribution < 1.29 is 23.7 Å². The Kier molecular flexibility index (Phi) is 6.86. The smallest absolute Gasteiger partial charge is 0.168 e. The molecular formula is C18H26N2O5. The van der Waals surface area contributed by atoms with Crippen LogP contribution in [0.15, 0.2) is 12.3 Å². The molecule has 2 aliphatic rings. The quantitative estimate of drug-likeness (QED) is 0.494. The number of nitrogens with zero attached hydrogens (tertiary/aromatic N) is 2. The second-order valence-corrected chi connectivity index (χ2v) is 6.61. The number of aldehydes is 1. The zero-order valence-electron chi connectivity index (χ0n) is 14.5. The fourth-order valence-corrected chi connectivity index (χ4v) is 3.41. The third-order valence-corrected chi connectivity index (χ3v) is 4.77. The molecule has 1 aromatic heterocycles. The standard InChI is InChI=1S/C18H26N2O5/c21-11-15-3-6-19-17(20-15)18(4-1-2-5-18)14-24-8-7-22-12-16-13-23-9-10-25-16/h3,6,11,16H,1-2,4-5,7-10,12-14H2/t16-/m0/s1. The van der Waals surface area contributed by atoms with E-state index in [0.717, 1.165) is 37.8 Å². The molecule has 0 radical (unpaired) electrons. The lowest BCUT2D eigenvalue weighted by Gasteiger charge is -2.27. The zero-order valence-corrected chi connectivity index (χ0v) is 14.5. The molecule has 1 aliphatic heterocycles. The Balaban J connectivity index is 1.43. The Morgan fingerprint density at radius 2 is 2.08 bits per heavy atom. The van der Waals surface area contributed by atoms with Gasteiger partial charge >= 0.3 is 0 Å². The molecule has 3 rings (SSSR count). The molecule has 1 saturated carbocycles. The summed E-state index contributed by atoms with van der Waals surface area (Å²) in [6.07, 6.45) is 6.68. The summed E-state index contributed by atoms with van der Waals surface area (Å²) in [7, 11) is 0. The molecule has 0 N–H and O–H groups in total. The molecule has 7 nitrogen and oxygen atoms in total. The van der Waals surface area contributed by atoms with Gasteiger partial charge in [-0.15, -0.1) is 0 Å². The lowest BCUT2D eigenvalue weighted by atomic mass is 9.86. The van der Waals surface area contributed by atoms with E-state index in [-0.39, 0.29) is 11.5 Å². The van der Waals surface area contributed by atoms with E-state index >= 15 is 0 Å². The first-order valence-corrected chi connectivity index (χ1v) is 8.96. The predicted molar refractivity (Wildman–Crippen MR) is 89.8 cm³/mol. The van der Waals surface area contributed by atoms with E-state index in [2.05, 4.69) is 9.97 Å². The Morgan fingerprint density at radius 1 is 1.24 bits per heavy atom. The van der Waals surface area contributed by atoms with E-state index in [0.29, 0.717) is 51.9 Å². The van der Waals surface area contributed by atoms with Crippen LogP contribution in [0.3, 0.4) is 0 Å². The van der Waals surface area contributed by atoms with Crippen molar-refractivity contribution in [3.8, 4) is 0 Å². The van der Waals surface area contributed by atoms with Crippen LogP contribution in [0.5, 0.6) is 0 Å². The van der Waals surface area contributed by atoms with E-state index in [1.54, 1.807) is 12.3 Å². The largest absolute Gasteiger partial charge is 0.378 e. The predicted octanol–water partition coefficient (Wildman–Crippen LogP) is 1.55. The molecule has 25 heavy (non-hydrogen) atoms. The van der Waals surface area contributed by atoms with Crippen molar-refractivity contribution in [3.05, 3.63) is 23.8 Å². The number of ether oxygens (including phenoxy) is 4. The van der Waals surface area contributed by atoms with Gasteiger partial charge in [-0.1, -0.05) is 12.8 Å². The van der Waals surface area contributed by atoms with Gasteiger partial charge in [0.15, 0.2) is 6.29 Å². The topological polar surface area (TPSA) is 79.8 Å². The summed E-state index contributed by atoms with van der Waals surface area (Å²) < 4.78 is 22.3. The molecule has 7 heteroatoms. The molecule has 2 fully saturated rings. The minimum absolute atomic E-state index is 0.0226. The van der Waals surface area contributed by atoms with Gasteiger partial charge in [-0.3, -0.25) is 4.79 Å². The number of carbonyl (C=O) groups is 1. The SMILES string of the molecule is O=Cc1ccnc(C2(COCCOC[C@H]3COCCO3)CCCC2)n1. The molecular weight excluding hydrogens is 324 g/mol. The summed E-state index contributed by atoms with van der Waals surface area (Å²) in [4.78, 5) is 19.8. The van der Waals surface area contributed by atoms with Gasteiger partial charge in [0.05, 0.1) is 51.7 Å². The van der Waals surface area contributed by atoms with Crippen LogP contribution in [0, 0.1) is 0 Å². The number of carbonyl (C=O) groups excluding carboxylic acids is 1. The van der Waals surface area contributed by atoms with Crippen LogP contribution < -0.4 is 0 Å². The number of aromatic nitrogens is 2. The van der Waals surface area contributed by atoms with Crippen LogP contribution >= 0.6 is 0 Å². The highest BCUT2D eigenvalue weighted by Crippen LogP contribution is 2.39. The maximum atomic E-state index is 11.0. The van der Waals surface area contributed by atoms with Crippen LogP contribution in [0.1, 0.15) is 42.0 Å². The molecule has 0 aromatic carbocycles. The van der Waals surface area contributed by atoms with E-state index in [1.807, 2.05) is 0 Å². The average Bonchev–Trinajstić information content (AvgIpc) is 3.15. The van der Waals surface area contributed by atoms with Crippen molar-refractivity contribution in [2.45, 2.75) is 37.2 Å². The highest BCUT2D eigenvalue weighted by atomic mass is 16.6. The first kappa shape index (κ1) is 18.4. The fraction of sp³-hybridized carbons (Fsp3) is 0.722. The molecule has 0 bridgehead atoms. The van der Waals surface area contributed by atoms with Crippen molar-refractivity contribution in [1.29, 1.82) is 0 Å². The van der Waals surface area contributed by atoms with Crippen LogP contribution in [-0.4, -0.2) is 68.6 Å². The number of hydrogen-bond acceptors (Lipinski definition) is 7. The summed E-state index contributed by atoms with van der Waals surface area (Å²) in [5.74, 6) is 0.725. The summed E-state index contributed by atoms with van der Waals surface area (Å²) in [5.41, 5.74) is 0.244. The number of rotatable bonds is 9. The molecule has 138 valence electrons. The first-order chi connectivity index (χ1) is 12.3. The molecule has 0 spiro atoms. The van der Waals surface area contributed by atoms with Gasteiger partial charge in [0, 0.05) is 6.20 Å². The molecule has 1 atom stereocenters. The summed E-state index contributed by atoms with van der Waals surface area (Å²) >= 11 is 0. The lowest BCUT2D eigenvalue weighted by Crippen LogP contribution is -2.33. The maximum absolute atomic E-state index is 11.0. The summed E-state index contributed by atoms with van der Waals surface area (Å²) in [5, 5.41) is 0. The Labute approximate surface area is 148 Å². The van der Waals surface area contributed by atoms with Crippen molar-refractivity contribution >= 4 is 6.29 Å². The van der Waals surface area contributed by atoms with Gasteiger partial charge in [0.2, 0.25) is 0 Å². The normalized spacial score (nSPS) is 22.8. The first-order valence-electron chi connectivity index (χ1n) is 8.96. The van der Waals surface area contributed by atoms with Gasteiger partial charge in [-0.2, -0.15) is 0 Å². The van der Waals surface area contributed by atoms with Gasteiger partial charge in [0.1, 0.15) is 17.6 Å². The second kappa shape index (κ2) is 9.33. The Bertz CT molecular complexity index is 542. The molecule has 0 unspecified atom stereocenters. The van der Waals surface area contributed by atoms with Gasteiger partial charge in [-0.05, 0) is 18.9 Å². The minimum atomic E-state index is -0.181. The molecule has 2 heterocycles. The summed E-state index contributed by atoms with van der Waals surface area (Å²) in [6.45, 7) is 4.00. The minimum Gasteiger partial charge on any atom is -0.378 e. The van der Waals surface area contributed by atoms with Crippen LogP contribution in [0.4, 0.5) is 0 Å². The second-order valence-electron chi connectivity index (χ2n) is 6.61. The Hall–Kier alpha value is -1.41. The van der Waals surface area contributed by atoms with Crippen molar-refractivity contribution in [1.82, 2.24) is 9.97 Å². The molecule has 1 aliphatic carbocycles. The lowest BCUT2D eigenvalue weighted by molar-refractivity contribution is -0.118. The van der Waals surface area contributed by atoms with E-state index in [1.165, 1.54) is 0 Å². The summed E-state index contributed by atoms with van der Waals surface area (Å²) in [6, 6.07) is 1.63. The van der Waals surface area contributed by atoms with E-state index in [9.17, 15) is 4.79 Å². The third-order valence-electron chi connectivity index (χ3n) is 4.77. The Morgan fingerprint density at radius 3 is 2.84 bits per heavy atom. The highest BCUT2D eigenvalue weighted by Gasteiger charge is 2.38. The van der Waals surface area contributed by atoms with Crippen LogP contribution in [-0.2, 0) is 24.4 Å². The van der Waals surface area contributed by atoms with Crippen LogP contribution in [0.25, 0.3) is 0 Å². The van der Waals surface area contributed by atoms with E-state index in [4.69, 9.17) is 18.9 Å². The van der Waals surface area contributed by atoms with Crippen LogP contribution in [0.2, 0.25) is 0 Å². The fourth-order valence-electron chi connectivity index (χ4n) is 3.41. The van der Waals surface area contributed by atoms with Gasteiger partial charge in [0.25, 0.3) is 0 Å². The zero-order chi connectivity index (χ0) is 17.4. The molecule has 0 amide bonds. The van der Waals surface area contributed by atoms with E-state index < -0.39 is 0 Å². The maximum Gasteiger partial charge on any atom is 0.168 e. The van der Waals surface area contributed by atoms with Crippen molar-refractivity contribution in [2.24, 2.45) is 0 Å². The van der Waals surface area contributed by atoms with Gasteiger partial charge in [-0.25, -0.2) is 9.97 Å². The number of hydrogen-bond donors (Lipinski definition) is 0. The van der Waals surface area contributed by atoms with Crippen molar-refractivity contribution in [3.63, 3.8) is 0 Å². The molecule has 1 aromatic rings. The highest BCUT2D eigenvalue weighted by molar-refractivity contribution is 5.71. The molecule has 1 saturated heterocycles. The average molecular weight is 350 g/mol.